The van der Waals surface area contributed by atoms with Crippen LogP contribution in [0, 0.1) is 0 Å². The van der Waals surface area contributed by atoms with Crippen molar-refractivity contribution in [3.8, 4) is 11.5 Å². The standard InChI is InChI=1S/C28H28N2O7S/c1-5-19-24(27(33)35-4)25(18-10-8-7-9-11-18)30-26(32)22(38-28(30)29-19)15-17-12-13-20(21(14-17)36-6-2)37-16-23(31)34-3/h7-15,25H,5-6,16H2,1-4H3/b22-15-/t25-/m0/s1. The molecular formula is C28H28N2O7S. The predicted molar refractivity (Wildman–Crippen MR) is 142 cm³/mol. The van der Waals surface area contributed by atoms with Crippen LogP contribution in [0.4, 0.5) is 0 Å². The van der Waals surface area contributed by atoms with E-state index in [1.807, 2.05) is 44.2 Å². The molecule has 0 unspecified atom stereocenters. The number of ether oxygens (including phenoxy) is 4. The molecule has 198 valence electrons. The van der Waals surface area contributed by atoms with Gasteiger partial charge in [0.05, 0.1) is 42.7 Å². The molecule has 3 aromatic rings. The minimum absolute atomic E-state index is 0.254. The Bertz CT molecular complexity index is 1550. The topological polar surface area (TPSA) is 105 Å². The lowest BCUT2D eigenvalue weighted by Crippen LogP contribution is -2.40. The molecule has 0 saturated carbocycles. The van der Waals surface area contributed by atoms with Crippen molar-refractivity contribution in [2.24, 2.45) is 4.99 Å². The maximum Gasteiger partial charge on any atom is 0.343 e. The molecule has 1 atom stereocenters. The first-order chi connectivity index (χ1) is 18.4. The van der Waals surface area contributed by atoms with Crippen LogP contribution in [-0.4, -0.2) is 43.9 Å². The number of hydrogen-bond acceptors (Lipinski definition) is 9. The Hall–Kier alpha value is -4.18. The summed E-state index contributed by atoms with van der Waals surface area (Å²) in [4.78, 5) is 43.3. The van der Waals surface area contributed by atoms with E-state index in [1.54, 1.807) is 28.8 Å². The fraction of sp³-hybridized carbons (Fsp3) is 0.286. The molecular weight excluding hydrogens is 508 g/mol. The van der Waals surface area contributed by atoms with Crippen LogP contribution < -0.4 is 24.4 Å². The fourth-order valence-electron chi connectivity index (χ4n) is 4.16. The van der Waals surface area contributed by atoms with Crippen LogP contribution in [-0.2, 0) is 19.1 Å². The molecule has 9 nitrogen and oxygen atoms in total. The third kappa shape index (κ3) is 5.40. The third-order valence-electron chi connectivity index (χ3n) is 5.90. The fourth-order valence-corrected chi connectivity index (χ4v) is 5.18. The van der Waals surface area contributed by atoms with Gasteiger partial charge in [-0.1, -0.05) is 54.7 Å². The van der Waals surface area contributed by atoms with E-state index in [0.717, 1.165) is 5.56 Å². The van der Waals surface area contributed by atoms with Crippen LogP contribution in [0.15, 0.2) is 69.6 Å². The van der Waals surface area contributed by atoms with E-state index in [2.05, 4.69) is 9.73 Å². The van der Waals surface area contributed by atoms with Crippen molar-refractivity contribution in [2.75, 3.05) is 27.4 Å². The average molecular weight is 537 g/mol. The number of nitrogens with zero attached hydrogens (tertiary/aromatic N) is 2. The van der Waals surface area contributed by atoms with Crippen LogP contribution in [0.2, 0.25) is 0 Å². The second kappa shape index (κ2) is 11.9. The molecule has 0 spiro atoms. The summed E-state index contributed by atoms with van der Waals surface area (Å²) in [7, 11) is 2.61. The molecule has 0 amide bonds. The number of carbonyl (C=O) groups excluding carboxylic acids is 2. The number of carbonyl (C=O) groups is 2. The smallest absolute Gasteiger partial charge is 0.343 e. The van der Waals surface area contributed by atoms with Crippen LogP contribution in [0.3, 0.4) is 0 Å². The van der Waals surface area contributed by atoms with E-state index in [-0.39, 0.29) is 12.2 Å². The van der Waals surface area contributed by atoms with Crippen molar-refractivity contribution in [1.82, 2.24) is 4.57 Å². The zero-order valence-corrected chi connectivity index (χ0v) is 22.4. The minimum atomic E-state index is -0.662. The lowest BCUT2D eigenvalue weighted by molar-refractivity contribution is -0.143. The Labute approximate surface area is 223 Å². The molecule has 0 bridgehead atoms. The summed E-state index contributed by atoms with van der Waals surface area (Å²) in [5.74, 6) is -0.211. The van der Waals surface area contributed by atoms with Crippen molar-refractivity contribution in [3.63, 3.8) is 0 Å². The highest BCUT2D eigenvalue weighted by atomic mass is 32.1. The zero-order valence-electron chi connectivity index (χ0n) is 21.6. The van der Waals surface area contributed by atoms with E-state index in [1.165, 1.54) is 25.6 Å². The molecule has 2 aromatic carbocycles. The normalized spacial score (nSPS) is 14.9. The monoisotopic (exact) mass is 536 g/mol. The van der Waals surface area contributed by atoms with E-state index >= 15 is 0 Å². The van der Waals surface area contributed by atoms with Gasteiger partial charge >= 0.3 is 11.9 Å². The van der Waals surface area contributed by atoms with E-state index in [0.29, 0.717) is 50.7 Å². The van der Waals surface area contributed by atoms with E-state index in [9.17, 15) is 14.4 Å². The number of thiazole rings is 1. The van der Waals surface area contributed by atoms with Gasteiger partial charge in [-0.25, -0.2) is 14.6 Å². The maximum atomic E-state index is 13.7. The average Bonchev–Trinajstić information content (AvgIpc) is 3.25. The second-order valence-corrected chi connectivity index (χ2v) is 9.21. The number of esters is 2. The highest BCUT2D eigenvalue weighted by molar-refractivity contribution is 7.07. The Morgan fingerprint density at radius 2 is 1.79 bits per heavy atom. The summed E-state index contributed by atoms with van der Waals surface area (Å²) in [5, 5.41) is 0. The molecule has 0 saturated heterocycles. The van der Waals surface area contributed by atoms with Gasteiger partial charge < -0.3 is 18.9 Å². The summed E-state index contributed by atoms with van der Waals surface area (Å²) >= 11 is 1.24. The Balaban J connectivity index is 1.84. The largest absolute Gasteiger partial charge is 0.490 e. The third-order valence-corrected chi connectivity index (χ3v) is 6.89. The van der Waals surface area contributed by atoms with Crippen LogP contribution in [0.1, 0.15) is 37.4 Å². The van der Waals surface area contributed by atoms with Crippen molar-refractivity contribution in [2.45, 2.75) is 26.3 Å². The number of benzene rings is 2. The van der Waals surface area contributed by atoms with Gasteiger partial charge in [0, 0.05) is 0 Å². The van der Waals surface area contributed by atoms with Crippen LogP contribution >= 0.6 is 11.3 Å². The molecule has 1 aromatic heterocycles. The Morgan fingerprint density at radius 3 is 2.45 bits per heavy atom. The predicted octanol–water partition coefficient (Wildman–Crippen LogP) is 2.75. The summed E-state index contributed by atoms with van der Waals surface area (Å²) < 4.78 is 22.9. The quantitative estimate of drug-likeness (QED) is 0.387. The molecule has 0 N–H and O–H groups in total. The number of rotatable bonds is 9. The van der Waals surface area contributed by atoms with Crippen LogP contribution in [0.25, 0.3) is 6.08 Å². The van der Waals surface area contributed by atoms with Crippen molar-refractivity contribution >= 4 is 29.4 Å². The molecule has 4 rings (SSSR count). The molecule has 1 aliphatic heterocycles. The number of methoxy groups -OCH3 is 2. The number of aromatic nitrogens is 1. The number of fused-ring (bicyclic) bond motifs is 1. The zero-order chi connectivity index (χ0) is 27.2. The van der Waals surface area contributed by atoms with Gasteiger partial charge in [0.15, 0.2) is 22.9 Å². The van der Waals surface area contributed by atoms with E-state index in [4.69, 9.17) is 14.2 Å². The highest BCUT2D eigenvalue weighted by Gasteiger charge is 2.33. The molecule has 0 aliphatic carbocycles. The van der Waals surface area contributed by atoms with Gasteiger partial charge in [0.1, 0.15) is 0 Å². The lowest BCUT2D eigenvalue weighted by atomic mass is 9.95. The van der Waals surface area contributed by atoms with Gasteiger partial charge in [-0.05, 0) is 42.7 Å². The van der Waals surface area contributed by atoms with E-state index < -0.39 is 18.0 Å². The first kappa shape index (κ1) is 26.9. The first-order valence-electron chi connectivity index (χ1n) is 12.1. The van der Waals surface area contributed by atoms with Crippen molar-refractivity contribution in [3.05, 3.63) is 90.6 Å². The molecule has 0 fully saturated rings. The Kier molecular flexibility index (Phi) is 8.42. The molecule has 1 aliphatic rings. The summed E-state index contributed by atoms with van der Waals surface area (Å²) in [6.45, 7) is 3.88. The number of allylic oxidation sites excluding steroid dienone is 1. The summed E-state index contributed by atoms with van der Waals surface area (Å²) in [6.07, 6.45) is 2.25. The first-order valence-corrected chi connectivity index (χ1v) is 12.9. The van der Waals surface area contributed by atoms with Gasteiger partial charge in [0.2, 0.25) is 0 Å². The van der Waals surface area contributed by atoms with Crippen molar-refractivity contribution in [1.29, 1.82) is 0 Å². The molecule has 0 radical (unpaired) electrons. The van der Waals surface area contributed by atoms with Crippen molar-refractivity contribution < 1.29 is 28.5 Å². The van der Waals surface area contributed by atoms with Gasteiger partial charge in [-0.2, -0.15) is 0 Å². The second-order valence-electron chi connectivity index (χ2n) is 8.20. The lowest BCUT2D eigenvalue weighted by Gasteiger charge is -2.25. The molecule has 10 heteroatoms. The SMILES string of the molecule is CCOc1cc(/C=c2\sc3n(c2=O)[C@@H](c2ccccc2)C(C(=O)OC)=C(CC)N=3)ccc1OCC(=O)OC. The highest BCUT2D eigenvalue weighted by Crippen LogP contribution is 2.32. The van der Waals surface area contributed by atoms with Gasteiger partial charge in [-0.15, -0.1) is 0 Å². The Morgan fingerprint density at radius 1 is 1.03 bits per heavy atom. The van der Waals surface area contributed by atoms with Gasteiger partial charge in [-0.3, -0.25) is 9.36 Å². The van der Waals surface area contributed by atoms with Gasteiger partial charge in [0.25, 0.3) is 5.56 Å². The maximum absolute atomic E-state index is 13.7. The minimum Gasteiger partial charge on any atom is -0.490 e. The molecule has 38 heavy (non-hydrogen) atoms. The summed E-state index contributed by atoms with van der Waals surface area (Å²) in [6, 6.07) is 13.9. The van der Waals surface area contributed by atoms with Crippen LogP contribution in [0.5, 0.6) is 11.5 Å². The molecule has 2 heterocycles. The summed E-state index contributed by atoms with van der Waals surface area (Å²) in [5.41, 5.74) is 2.15. The number of hydrogen-bond donors (Lipinski definition) is 0.